The summed E-state index contributed by atoms with van der Waals surface area (Å²) in [5, 5.41) is 2.96. The number of nitrogens with zero attached hydrogens (tertiary/aromatic N) is 1. The normalized spacial score (nSPS) is 16.9. The first-order chi connectivity index (χ1) is 11.4. The Morgan fingerprint density at radius 1 is 1.25 bits per heavy atom. The number of carbonyl (C=O) groups is 1. The molecule has 1 amide bonds. The molecule has 1 saturated heterocycles. The van der Waals surface area contributed by atoms with Crippen molar-refractivity contribution in [1.82, 2.24) is 9.62 Å². The Bertz CT molecular complexity index is 638. The molecule has 7 heteroatoms. The molecule has 1 aromatic rings. The topological polar surface area (TPSA) is 66.5 Å². The zero-order valence-corrected chi connectivity index (χ0v) is 16.0. The molecule has 1 aliphatic heterocycles. The zero-order valence-electron chi connectivity index (χ0n) is 14.3. The highest BCUT2D eigenvalue weighted by Gasteiger charge is 2.26. The lowest BCUT2D eigenvalue weighted by Crippen LogP contribution is -2.33. The molecule has 5 nitrogen and oxygen atoms in total. The van der Waals surface area contributed by atoms with Gasteiger partial charge in [-0.3, -0.25) is 4.79 Å². The second kappa shape index (κ2) is 8.87. The SMILES string of the molecule is CCC[C@@H](C)NC(=O)CSc1ccc(S(=O)(=O)N2CCCC2)cc1. The molecule has 1 fully saturated rings. The van der Waals surface area contributed by atoms with E-state index in [0.29, 0.717) is 23.7 Å². The third-order valence-electron chi connectivity index (χ3n) is 4.03. The number of thioether (sulfide) groups is 1. The minimum Gasteiger partial charge on any atom is -0.353 e. The van der Waals surface area contributed by atoms with Gasteiger partial charge in [0.15, 0.2) is 0 Å². The Balaban J connectivity index is 1.89. The standard InChI is InChI=1S/C17H26N2O3S2/c1-3-6-14(2)18-17(20)13-23-15-7-9-16(10-8-15)24(21,22)19-11-4-5-12-19/h7-10,14H,3-6,11-13H2,1-2H3,(H,18,20)/t14-/m1/s1. The molecule has 134 valence electrons. The van der Waals surface area contributed by atoms with Crippen LogP contribution in [-0.4, -0.2) is 43.5 Å². The van der Waals surface area contributed by atoms with E-state index in [1.807, 2.05) is 6.92 Å². The van der Waals surface area contributed by atoms with Crippen LogP contribution in [-0.2, 0) is 14.8 Å². The maximum absolute atomic E-state index is 12.4. The van der Waals surface area contributed by atoms with Crippen molar-refractivity contribution in [2.24, 2.45) is 0 Å². The molecule has 1 atom stereocenters. The highest BCUT2D eigenvalue weighted by molar-refractivity contribution is 8.00. The van der Waals surface area contributed by atoms with Gasteiger partial charge >= 0.3 is 0 Å². The second-order valence-electron chi connectivity index (χ2n) is 6.13. The van der Waals surface area contributed by atoms with Gasteiger partial charge < -0.3 is 5.32 Å². The van der Waals surface area contributed by atoms with Gasteiger partial charge in [-0.25, -0.2) is 8.42 Å². The first-order valence-electron chi connectivity index (χ1n) is 8.46. The first-order valence-corrected chi connectivity index (χ1v) is 10.9. The van der Waals surface area contributed by atoms with Crippen molar-refractivity contribution in [3.05, 3.63) is 24.3 Å². The van der Waals surface area contributed by atoms with Gasteiger partial charge in [-0.1, -0.05) is 13.3 Å². The average molecular weight is 371 g/mol. The average Bonchev–Trinajstić information content (AvgIpc) is 3.09. The van der Waals surface area contributed by atoms with Gasteiger partial charge in [0, 0.05) is 24.0 Å². The number of sulfonamides is 1. The van der Waals surface area contributed by atoms with Crippen LogP contribution in [0.25, 0.3) is 0 Å². The van der Waals surface area contributed by atoms with Gasteiger partial charge in [0.05, 0.1) is 10.6 Å². The zero-order chi connectivity index (χ0) is 17.6. The summed E-state index contributed by atoms with van der Waals surface area (Å²) >= 11 is 1.42. The third kappa shape index (κ3) is 5.22. The number of amides is 1. The van der Waals surface area contributed by atoms with E-state index in [0.717, 1.165) is 30.6 Å². The Morgan fingerprint density at radius 3 is 2.46 bits per heavy atom. The molecule has 0 aliphatic carbocycles. The van der Waals surface area contributed by atoms with Gasteiger partial charge in [-0.15, -0.1) is 11.8 Å². The van der Waals surface area contributed by atoms with Crippen LogP contribution in [0.1, 0.15) is 39.5 Å². The molecule has 1 aromatic carbocycles. The van der Waals surface area contributed by atoms with Crippen molar-refractivity contribution < 1.29 is 13.2 Å². The van der Waals surface area contributed by atoms with Gasteiger partial charge in [0.25, 0.3) is 0 Å². The summed E-state index contributed by atoms with van der Waals surface area (Å²) in [6.07, 6.45) is 3.87. The molecule has 0 spiro atoms. The molecule has 1 heterocycles. The van der Waals surface area contributed by atoms with Gasteiger partial charge in [0.2, 0.25) is 15.9 Å². The van der Waals surface area contributed by atoms with Crippen molar-refractivity contribution in [1.29, 1.82) is 0 Å². The largest absolute Gasteiger partial charge is 0.353 e. The molecule has 2 rings (SSSR count). The second-order valence-corrected chi connectivity index (χ2v) is 9.12. The fraction of sp³-hybridized carbons (Fsp3) is 0.588. The van der Waals surface area contributed by atoms with Crippen molar-refractivity contribution in [3.63, 3.8) is 0 Å². The van der Waals surface area contributed by atoms with Crippen LogP contribution >= 0.6 is 11.8 Å². The summed E-state index contributed by atoms with van der Waals surface area (Å²) in [7, 11) is -3.36. The van der Waals surface area contributed by atoms with Gasteiger partial charge in [0.1, 0.15) is 0 Å². The lowest BCUT2D eigenvalue weighted by molar-refractivity contribution is -0.119. The highest BCUT2D eigenvalue weighted by Crippen LogP contribution is 2.24. The van der Waals surface area contributed by atoms with Crippen LogP contribution in [0.5, 0.6) is 0 Å². The van der Waals surface area contributed by atoms with Gasteiger partial charge in [-0.2, -0.15) is 4.31 Å². The predicted octanol–water partition coefficient (Wildman–Crippen LogP) is 2.87. The van der Waals surface area contributed by atoms with Crippen molar-refractivity contribution in [3.8, 4) is 0 Å². The van der Waals surface area contributed by atoms with Crippen LogP contribution in [0.15, 0.2) is 34.1 Å². The van der Waals surface area contributed by atoms with Crippen molar-refractivity contribution in [2.45, 2.75) is 55.4 Å². The van der Waals surface area contributed by atoms with E-state index in [1.165, 1.54) is 16.1 Å². The van der Waals surface area contributed by atoms with E-state index < -0.39 is 10.0 Å². The molecule has 0 saturated carbocycles. The number of rotatable bonds is 8. The minimum atomic E-state index is -3.36. The van der Waals surface area contributed by atoms with E-state index >= 15 is 0 Å². The summed E-state index contributed by atoms with van der Waals surface area (Å²) < 4.78 is 26.4. The van der Waals surface area contributed by atoms with Crippen LogP contribution in [0.2, 0.25) is 0 Å². The summed E-state index contributed by atoms with van der Waals surface area (Å²) in [5.74, 6) is 0.349. The van der Waals surface area contributed by atoms with E-state index in [1.54, 1.807) is 24.3 Å². The Labute approximate surface area is 149 Å². The number of hydrogen-bond acceptors (Lipinski definition) is 4. The molecule has 1 N–H and O–H groups in total. The third-order valence-corrected chi connectivity index (χ3v) is 6.95. The smallest absolute Gasteiger partial charge is 0.243 e. The van der Waals surface area contributed by atoms with Gasteiger partial charge in [-0.05, 0) is 50.5 Å². The molecular weight excluding hydrogens is 344 g/mol. The fourth-order valence-corrected chi connectivity index (χ4v) is 4.98. The Morgan fingerprint density at radius 2 is 1.88 bits per heavy atom. The number of nitrogens with one attached hydrogen (secondary N) is 1. The van der Waals surface area contributed by atoms with Crippen LogP contribution in [0.3, 0.4) is 0 Å². The Kier molecular flexibility index (Phi) is 7.13. The lowest BCUT2D eigenvalue weighted by atomic mass is 10.2. The summed E-state index contributed by atoms with van der Waals surface area (Å²) in [6.45, 7) is 5.31. The molecule has 24 heavy (non-hydrogen) atoms. The maximum Gasteiger partial charge on any atom is 0.243 e. The summed E-state index contributed by atoms with van der Waals surface area (Å²) in [4.78, 5) is 13.1. The first kappa shape index (κ1) is 19.3. The number of carbonyl (C=O) groups excluding carboxylic acids is 1. The molecule has 1 aliphatic rings. The minimum absolute atomic E-state index is 0.00900. The van der Waals surface area contributed by atoms with Crippen LogP contribution in [0, 0.1) is 0 Å². The molecule has 0 radical (unpaired) electrons. The van der Waals surface area contributed by atoms with Crippen molar-refractivity contribution in [2.75, 3.05) is 18.8 Å². The molecule has 0 aromatic heterocycles. The maximum atomic E-state index is 12.4. The number of benzene rings is 1. The summed E-state index contributed by atoms with van der Waals surface area (Å²) in [6, 6.07) is 7.00. The van der Waals surface area contributed by atoms with Crippen molar-refractivity contribution >= 4 is 27.7 Å². The van der Waals surface area contributed by atoms with E-state index in [9.17, 15) is 13.2 Å². The summed E-state index contributed by atoms with van der Waals surface area (Å²) in [5.41, 5.74) is 0. The highest BCUT2D eigenvalue weighted by atomic mass is 32.2. The fourth-order valence-electron chi connectivity index (χ4n) is 2.76. The molecule has 0 unspecified atom stereocenters. The van der Waals surface area contributed by atoms with E-state index in [-0.39, 0.29) is 11.9 Å². The lowest BCUT2D eigenvalue weighted by Gasteiger charge is -2.15. The molecular formula is C17H26N2O3S2. The van der Waals surface area contributed by atoms with Crippen LogP contribution < -0.4 is 5.32 Å². The predicted molar refractivity (Wildman–Crippen MR) is 97.7 cm³/mol. The number of hydrogen-bond donors (Lipinski definition) is 1. The Hall–Kier alpha value is -1.05. The van der Waals surface area contributed by atoms with Crippen LogP contribution in [0.4, 0.5) is 0 Å². The van der Waals surface area contributed by atoms with E-state index in [2.05, 4.69) is 12.2 Å². The molecule has 0 bridgehead atoms. The monoisotopic (exact) mass is 370 g/mol. The van der Waals surface area contributed by atoms with E-state index in [4.69, 9.17) is 0 Å². The quantitative estimate of drug-likeness (QED) is 0.715.